The molecule has 2 aliphatic rings. The van der Waals surface area contributed by atoms with Gasteiger partial charge in [-0.3, -0.25) is 9.69 Å². The molecule has 0 bridgehead atoms. The van der Waals surface area contributed by atoms with E-state index in [1.807, 2.05) is 12.1 Å². The number of rotatable bonds is 7. The van der Waals surface area contributed by atoms with Crippen LogP contribution in [0.2, 0.25) is 0 Å². The summed E-state index contributed by atoms with van der Waals surface area (Å²) in [4.78, 5) is 20.8. The second kappa shape index (κ2) is 10.1. The van der Waals surface area contributed by atoms with Crippen molar-refractivity contribution < 1.29 is 4.79 Å². The van der Waals surface area contributed by atoms with Gasteiger partial charge in [0.05, 0.1) is 0 Å². The lowest BCUT2D eigenvalue weighted by molar-refractivity contribution is 0.0441. The summed E-state index contributed by atoms with van der Waals surface area (Å²) in [5.41, 5.74) is 2.10. The zero-order valence-electron chi connectivity index (χ0n) is 21.6. The molecule has 0 radical (unpaired) electrons. The predicted molar refractivity (Wildman–Crippen MR) is 136 cm³/mol. The first-order valence-electron chi connectivity index (χ1n) is 12.7. The maximum atomic E-state index is 13.7. The van der Waals surface area contributed by atoms with E-state index >= 15 is 0 Å². The van der Waals surface area contributed by atoms with Crippen LogP contribution in [0.1, 0.15) is 84.5 Å². The Balaban J connectivity index is 1.73. The van der Waals surface area contributed by atoms with Crippen molar-refractivity contribution in [2.45, 2.75) is 97.3 Å². The number of piperazine rings is 1. The lowest BCUT2D eigenvalue weighted by Gasteiger charge is -2.49. The Hall–Kier alpha value is -1.59. The van der Waals surface area contributed by atoms with E-state index in [1.165, 1.54) is 5.69 Å². The Morgan fingerprint density at radius 2 is 1.59 bits per heavy atom. The minimum atomic E-state index is 0.0269. The molecule has 0 unspecified atom stereocenters. The molecule has 32 heavy (non-hydrogen) atoms. The number of carbonyl (C=O) groups excluding carboxylic acids is 1. The van der Waals surface area contributed by atoms with Gasteiger partial charge < -0.3 is 15.1 Å². The predicted octanol–water partition coefficient (Wildman–Crippen LogP) is 4.77. The molecular weight excluding hydrogens is 396 g/mol. The average Bonchev–Trinajstić information content (AvgIpc) is 2.72. The lowest BCUT2D eigenvalue weighted by Crippen LogP contribution is -2.62. The standard InChI is InChI=1S/C27H46N4O/c1-8-9-14-31(24-19-26(4,5)28-27(6,7)20-24)25(32)22-10-12-23(13-11-22)30-17-15-29(16-18-30)21(2)3/h10-13,21,24,28H,8-9,14-20H2,1-7H3. The minimum absolute atomic E-state index is 0.0269. The second-order valence-electron chi connectivity index (χ2n) is 11.5. The zero-order chi connectivity index (χ0) is 23.5. The molecule has 180 valence electrons. The van der Waals surface area contributed by atoms with Crippen molar-refractivity contribution in [3.05, 3.63) is 29.8 Å². The van der Waals surface area contributed by atoms with Gasteiger partial charge in [0.15, 0.2) is 0 Å². The molecule has 2 aliphatic heterocycles. The van der Waals surface area contributed by atoms with Gasteiger partial charge in [0.25, 0.3) is 5.91 Å². The topological polar surface area (TPSA) is 38.8 Å². The van der Waals surface area contributed by atoms with Crippen LogP contribution < -0.4 is 10.2 Å². The van der Waals surface area contributed by atoms with E-state index in [4.69, 9.17) is 0 Å². The normalized spacial score (nSPS) is 21.7. The number of unbranched alkanes of at least 4 members (excludes halogenated alkanes) is 1. The third kappa shape index (κ3) is 6.26. The van der Waals surface area contributed by atoms with Crippen LogP contribution >= 0.6 is 0 Å². The van der Waals surface area contributed by atoms with Gasteiger partial charge in [-0.1, -0.05) is 13.3 Å². The molecule has 1 aromatic carbocycles. The highest BCUT2D eigenvalue weighted by molar-refractivity contribution is 5.94. The van der Waals surface area contributed by atoms with Crippen molar-refractivity contribution in [1.29, 1.82) is 0 Å². The molecule has 0 atom stereocenters. The van der Waals surface area contributed by atoms with E-state index in [0.717, 1.165) is 64.0 Å². The van der Waals surface area contributed by atoms with Crippen LogP contribution in [-0.4, -0.2) is 71.6 Å². The maximum Gasteiger partial charge on any atom is 0.254 e. The molecular formula is C27H46N4O. The van der Waals surface area contributed by atoms with Crippen molar-refractivity contribution in [3.8, 4) is 0 Å². The van der Waals surface area contributed by atoms with Crippen LogP contribution in [0.3, 0.4) is 0 Å². The Bertz CT molecular complexity index is 731. The highest BCUT2D eigenvalue weighted by atomic mass is 16.2. The van der Waals surface area contributed by atoms with Gasteiger partial charge in [0, 0.05) is 67.1 Å². The van der Waals surface area contributed by atoms with Crippen molar-refractivity contribution in [3.63, 3.8) is 0 Å². The number of hydrogen-bond donors (Lipinski definition) is 1. The summed E-state index contributed by atoms with van der Waals surface area (Å²) in [5, 5.41) is 3.76. The number of anilines is 1. The third-order valence-electron chi connectivity index (χ3n) is 7.15. The molecule has 2 fully saturated rings. The number of benzene rings is 1. The number of nitrogens with zero attached hydrogens (tertiary/aromatic N) is 3. The molecule has 3 rings (SSSR count). The molecule has 5 heteroatoms. The highest BCUT2D eigenvalue weighted by Gasteiger charge is 2.41. The van der Waals surface area contributed by atoms with Crippen LogP contribution in [0.25, 0.3) is 0 Å². The summed E-state index contributed by atoms with van der Waals surface area (Å²) in [6, 6.07) is 9.25. The Kier molecular flexibility index (Phi) is 7.93. The Morgan fingerprint density at radius 1 is 1.03 bits per heavy atom. The van der Waals surface area contributed by atoms with Gasteiger partial charge in [0.2, 0.25) is 0 Å². The van der Waals surface area contributed by atoms with Crippen molar-refractivity contribution >= 4 is 11.6 Å². The van der Waals surface area contributed by atoms with Gasteiger partial charge in [-0.05, 0) is 85.1 Å². The fraction of sp³-hybridized carbons (Fsp3) is 0.741. The molecule has 1 N–H and O–H groups in total. The summed E-state index contributed by atoms with van der Waals surface area (Å²) in [6.45, 7) is 20.9. The molecule has 0 aromatic heterocycles. The molecule has 0 aliphatic carbocycles. The first kappa shape index (κ1) is 25.0. The zero-order valence-corrected chi connectivity index (χ0v) is 21.6. The summed E-state index contributed by atoms with van der Waals surface area (Å²) in [7, 11) is 0. The number of amides is 1. The van der Waals surface area contributed by atoms with E-state index in [0.29, 0.717) is 6.04 Å². The highest BCUT2D eigenvalue weighted by Crippen LogP contribution is 2.32. The largest absolute Gasteiger partial charge is 0.369 e. The monoisotopic (exact) mass is 442 g/mol. The maximum absolute atomic E-state index is 13.7. The Morgan fingerprint density at radius 3 is 2.09 bits per heavy atom. The number of nitrogens with one attached hydrogen (secondary N) is 1. The summed E-state index contributed by atoms with van der Waals surface area (Å²) in [6.07, 6.45) is 4.13. The van der Waals surface area contributed by atoms with Crippen molar-refractivity contribution in [1.82, 2.24) is 15.1 Å². The van der Waals surface area contributed by atoms with Gasteiger partial charge in [-0.2, -0.15) is 0 Å². The quantitative estimate of drug-likeness (QED) is 0.660. The summed E-state index contributed by atoms with van der Waals surface area (Å²) < 4.78 is 0. The molecule has 1 amide bonds. The van der Waals surface area contributed by atoms with E-state index in [-0.39, 0.29) is 23.0 Å². The molecule has 0 saturated carbocycles. The van der Waals surface area contributed by atoms with Crippen molar-refractivity contribution in [2.75, 3.05) is 37.6 Å². The molecule has 2 heterocycles. The first-order valence-corrected chi connectivity index (χ1v) is 12.7. The SMILES string of the molecule is CCCCN(C(=O)c1ccc(N2CCN(C(C)C)CC2)cc1)C1CC(C)(C)NC(C)(C)C1. The van der Waals surface area contributed by atoms with E-state index in [2.05, 4.69) is 80.6 Å². The van der Waals surface area contributed by atoms with Gasteiger partial charge >= 0.3 is 0 Å². The fourth-order valence-electron chi connectivity index (χ4n) is 5.74. The summed E-state index contributed by atoms with van der Waals surface area (Å²) >= 11 is 0. The van der Waals surface area contributed by atoms with Crippen LogP contribution in [0, 0.1) is 0 Å². The lowest BCUT2D eigenvalue weighted by atomic mass is 9.78. The third-order valence-corrected chi connectivity index (χ3v) is 7.15. The summed E-state index contributed by atoms with van der Waals surface area (Å²) in [5.74, 6) is 0.188. The minimum Gasteiger partial charge on any atom is -0.369 e. The van der Waals surface area contributed by atoms with Crippen LogP contribution in [0.4, 0.5) is 5.69 Å². The van der Waals surface area contributed by atoms with Crippen molar-refractivity contribution in [2.24, 2.45) is 0 Å². The van der Waals surface area contributed by atoms with E-state index in [1.54, 1.807) is 0 Å². The van der Waals surface area contributed by atoms with Crippen LogP contribution in [0.15, 0.2) is 24.3 Å². The van der Waals surface area contributed by atoms with Crippen LogP contribution in [0.5, 0.6) is 0 Å². The number of piperidine rings is 1. The Labute approximate surface area is 196 Å². The first-order chi connectivity index (χ1) is 15.0. The van der Waals surface area contributed by atoms with Gasteiger partial charge in [-0.15, -0.1) is 0 Å². The van der Waals surface area contributed by atoms with Gasteiger partial charge in [-0.25, -0.2) is 0 Å². The van der Waals surface area contributed by atoms with Gasteiger partial charge in [0.1, 0.15) is 0 Å². The van der Waals surface area contributed by atoms with E-state index in [9.17, 15) is 4.79 Å². The molecule has 0 spiro atoms. The fourth-order valence-corrected chi connectivity index (χ4v) is 5.74. The molecule has 1 aromatic rings. The number of hydrogen-bond acceptors (Lipinski definition) is 4. The molecule has 2 saturated heterocycles. The van der Waals surface area contributed by atoms with E-state index < -0.39 is 0 Å². The number of carbonyl (C=O) groups is 1. The average molecular weight is 443 g/mol. The second-order valence-corrected chi connectivity index (χ2v) is 11.5. The van der Waals surface area contributed by atoms with Crippen LogP contribution in [-0.2, 0) is 0 Å². The smallest absolute Gasteiger partial charge is 0.254 e. The molecule has 5 nitrogen and oxygen atoms in total.